The van der Waals surface area contributed by atoms with Gasteiger partial charge in [-0.05, 0) is 84.6 Å². The normalized spacial score (nSPS) is 20.0. The highest BCUT2D eigenvalue weighted by molar-refractivity contribution is 6.12. The van der Waals surface area contributed by atoms with Crippen molar-refractivity contribution in [3.8, 4) is 0 Å². The van der Waals surface area contributed by atoms with Crippen molar-refractivity contribution >= 4 is 18.0 Å². The van der Waals surface area contributed by atoms with Gasteiger partial charge in [0.2, 0.25) is 0 Å². The molecule has 0 spiro atoms. The maximum absolute atomic E-state index is 9.60. The average molecular weight is 428 g/mol. The Bertz CT molecular complexity index is 760. The van der Waals surface area contributed by atoms with Crippen LogP contribution in [0.25, 0.3) is 0 Å². The van der Waals surface area contributed by atoms with Crippen molar-refractivity contribution in [1.82, 2.24) is 14.8 Å². The molecule has 1 aromatic rings. The van der Waals surface area contributed by atoms with Crippen LogP contribution >= 0.6 is 0 Å². The van der Waals surface area contributed by atoms with E-state index >= 15 is 0 Å². The predicted molar refractivity (Wildman–Crippen MR) is 125 cm³/mol. The molecule has 0 amide bonds. The molecule has 170 valence electrons. The van der Waals surface area contributed by atoms with Crippen molar-refractivity contribution in [3.63, 3.8) is 0 Å². The van der Waals surface area contributed by atoms with Crippen molar-refractivity contribution < 1.29 is 9.53 Å². The Morgan fingerprint density at radius 2 is 1.84 bits per heavy atom. The first-order chi connectivity index (χ1) is 14.8. The minimum atomic E-state index is -0.318. The van der Waals surface area contributed by atoms with Gasteiger partial charge in [0.1, 0.15) is 5.60 Å². The molecule has 7 nitrogen and oxygen atoms in total. The molecule has 2 fully saturated rings. The summed E-state index contributed by atoms with van der Waals surface area (Å²) in [4.78, 5) is 28.3. The van der Waals surface area contributed by atoms with Crippen LogP contribution in [0.5, 0.6) is 0 Å². The number of nitrogens with zero attached hydrogens (tertiary/aromatic N) is 5. The maximum atomic E-state index is 9.60. The lowest BCUT2D eigenvalue weighted by Gasteiger charge is -2.37. The lowest BCUT2D eigenvalue weighted by molar-refractivity contribution is -0.138. The molecule has 7 heteroatoms. The monoisotopic (exact) mass is 427 g/mol. The highest BCUT2D eigenvalue weighted by atomic mass is 16.5. The van der Waals surface area contributed by atoms with Gasteiger partial charge in [0.15, 0.2) is 5.84 Å². The van der Waals surface area contributed by atoms with Crippen LogP contribution < -0.4 is 0 Å². The highest BCUT2D eigenvalue weighted by Crippen LogP contribution is 2.31. The lowest BCUT2D eigenvalue weighted by atomic mass is 10.0. The van der Waals surface area contributed by atoms with Crippen LogP contribution in [-0.4, -0.2) is 84.2 Å². The summed E-state index contributed by atoms with van der Waals surface area (Å²) in [5.74, 6) is 1.80. The molecule has 0 N–H and O–H groups in total. The molecule has 1 saturated heterocycles. The van der Waals surface area contributed by atoms with E-state index in [0.717, 1.165) is 36.4 Å². The SMILES string of the molecule is CC(C)(C)OC=O.CN1CCC(N(CC2=NC(c3ccncc3)=NC2)CC2CC2)CC1. The molecule has 3 aliphatic rings. The summed E-state index contributed by atoms with van der Waals surface area (Å²) < 4.78 is 4.55. The van der Waals surface area contributed by atoms with E-state index in [1.807, 2.05) is 45.3 Å². The largest absolute Gasteiger partial charge is 0.462 e. The second-order valence-electron chi connectivity index (χ2n) is 9.79. The van der Waals surface area contributed by atoms with Crippen LogP contribution in [0.1, 0.15) is 52.0 Å². The molecule has 1 saturated carbocycles. The summed E-state index contributed by atoms with van der Waals surface area (Å²) in [6.45, 7) is 11.4. The fourth-order valence-electron chi connectivity index (χ4n) is 3.84. The molecule has 0 unspecified atom stereocenters. The van der Waals surface area contributed by atoms with Gasteiger partial charge in [-0.1, -0.05) is 0 Å². The van der Waals surface area contributed by atoms with Gasteiger partial charge in [-0.2, -0.15) is 0 Å². The number of hydrogen-bond acceptors (Lipinski definition) is 7. The molecule has 1 aliphatic carbocycles. The number of aromatic nitrogens is 1. The number of amidine groups is 1. The molecular formula is C24H37N5O2. The zero-order valence-corrected chi connectivity index (χ0v) is 19.5. The molecule has 2 aliphatic heterocycles. The van der Waals surface area contributed by atoms with Gasteiger partial charge in [-0.15, -0.1) is 0 Å². The van der Waals surface area contributed by atoms with Crippen LogP contribution in [0.15, 0.2) is 34.5 Å². The molecule has 4 rings (SSSR count). The standard InChI is InChI=1S/C19H27N5.C5H10O2/c1-23-10-6-18(7-11-23)24(13-15-2-3-15)14-17-12-21-19(22-17)16-4-8-20-9-5-16;1-5(2,3)7-4-6/h4-5,8-9,15,18H,2-3,6-7,10-14H2,1H3;4H,1-3H3. The zero-order valence-electron chi connectivity index (χ0n) is 19.5. The zero-order chi connectivity index (χ0) is 22.3. The van der Waals surface area contributed by atoms with Crippen molar-refractivity contribution in [2.75, 3.05) is 39.8 Å². The van der Waals surface area contributed by atoms with Gasteiger partial charge in [-0.3, -0.25) is 19.7 Å². The Labute approximate surface area is 186 Å². The highest BCUT2D eigenvalue weighted by Gasteiger charge is 2.30. The van der Waals surface area contributed by atoms with E-state index < -0.39 is 0 Å². The molecule has 0 bridgehead atoms. The minimum Gasteiger partial charge on any atom is -0.462 e. The Balaban J connectivity index is 0.000000339. The minimum absolute atomic E-state index is 0.318. The average Bonchev–Trinajstić information content (AvgIpc) is 3.43. The van der Waals surface area contributed by atoms with E-state index in [0.29, 0.717) is 6.47 Å². The lowest BCUT2D eigenvalue weighted by Crippen LogP contribution is -2.46. The number of ether oxygens (including phenoxy) is 1. The molecule has 0 radical (unpaired) electrons. The van der Waals surface area contributed by atoms with Gasteiger partial charge in [0.25, 0.3) is 6.47 Å². The number of pyridine rings is 1. The summed E-state index contributed by atoms with van der Waals surface area (Å²) in [5, 5.41) is 0. The van der Waals surface area contributed by atoms with E-state index in [1.165, 1.54) is 51.0 Å². The number of aliphatic imine (C=N–C) groups is 2. The van der Waals surface area contributed by atoms with Crippen LogP contribution in [0.3, 0.4) is 0 Å². The number of likely N-dealkylation sites (tertiary alicyclic amines) is 1. The first-order valence-electron chi connectivity index (χ1n) is 11.4. The Hall–Kier alpha value is -2.12. The first-order valence-corrected chi connectivity index (χ1v) is 11.4. The van der Waals surface area contributed by atoms with E-state index in [9.17, 15) is 4.79 Å². The second-order valence-corrected chi connectivity index (χ2v) is 9.79. The number of carbonyl (C=O) groups excluding carboxylic acids is 1. The summed E-state index contributed by atoms with van der Waals surface area (Å²) in [7, 11) is 2.23. The van der Waals surface area contributed by atoms with Crippen molar-refractivity contribution in [3.05, 3.63) is 30.1 Å². The number of piperidine rings is 1. The topological polar surface area (TPSA) is 70.4 Å². The van der Waals surface area contributed by atoms with Crippen molar-refractivity contribution in [2.45, 2.75) is 58.1 Å². The van der Waals surface area contributed by atoms with Crippen LogP contribution in [0.4, 0.5) is 0 Å². The fraction of sp³-hybridized carbons (Fsp3) is 0.667. The fourth-order valence-corrected chi connectivity index (χ4v) is 3.84. The molecule has 0 atom stereocenters. The van der Waals surface area contributed by atoms with Gasteiger partial charge >= 0.3 is 0 Å². The number of carbonyl (C=O) groups is 1. The molecule has 1 aromatic heterocycles. The third-order valence-corrected chi connectivity index (χ3v) is 5.80. The van der Waals surface area contributed by atoms with Gasteiger partial charge < -0.3 is 9.64 Å². The molecule has 3 heterocycles. The smallest absolute Gasteiger partial charge is 0.293 e. The second kappa shape index (κ2) is 11.0. The molecule has 0 aromatic carbocycles. The summed E-state index contributed by atoms with van der Waals surface area (Å²) in [5.41, 5.74) is 1.98. The summed E-state index contributed by atoms with van der Waals surface area (Å²) in [6, 6.07) is 4.70. The van der Waals surface area contributed by atoms with Gasteiger partial charge in [-0.25, -0.2) is 4.99 Å². The number of rotatable bonds is 7. The molecule has 31 heavy (non-hydrogen) atoms. The van der Waals surface area contributed by atoms with Crippen molar-refractivity contribution in [2.24, 2.45) is 15.9 Å². The quantitative estimate of drug-likeness (QED) is 0.626. The molecular weight excluding hydrogens is 390 g/mol. The number of hydrogen-bond donors (Lipinski definition) is 0. The predicted octanol–water partition coefficient (Wildman–Crippen LogP) is 3.05. The third kappa shape index (κ3) is 8.15. The Morgan fingerprint density at radius 3 is 2.39 bits per heavy atom. The summed E-state index contributed by atoms with van der Waals surface area (Å²) >= 11 is 0. The van der Waals surface area contributed by atoms with Crippen LogP contribution in [0.2, 0.25) is 0 Å². The Kier molecular flexibility index (Phi) is 8.32. The Morgan fingerprint density at radius 1 is 1.16 bits per heavy atom. The van der Waals surface area contributed by atoms with E-state index in [2.05, 4.69) is 31.6 Å². The van der Waals surface area contributed by atoms with Crippen LogP contribution in [0, 0.1) is 5.92 Å². The first kappa shape index (κ1) is 23.5. The van der Waals surface area contributed by atoms with Gasteiger partial charge in [0, 0.05) is 37.1 Å². The van der Waals surface area contributed by atoms with E-state index in [4.69, 9.17) is 4.99 Å². The third-order valence-electron chi connectivity index (χ3n) is 5.80. The maximum Gasteiger partial charge on any atom is 0.293 e. The van der Waals surface area contributed by atoms with E-state index in [-0.39, 0.29) is 5.60 Å². The van der Waals surface area contributed by atoms with Crippen LogP contribution in [-0.2, 0) is 9.53 Å². The van der Waals surface area contributed by atoms with E-state index in [1.54, 1.807) is 0 Å². The summed E-state index contributed by atoms with van der Waals surface area (Å²) in [6.07, 6.45) is 9.01. The van der Waals surface area contributed by atoms with Gasteiger partial charge in [0.05, 0.1) is 12.3 Å². The van der Waals surface area contributed by atoms with Crippen molar-refractivity contribution in [1.29, 1.82) is 0 Å².